The summed E-state index contributed by atoms with van der Waals surface area (Å²) >= 11 is 0. The molecule has 0 aliphatic heterocycles. The van der Waals surface area contributed by atoms with Crippen LogP contribution in [0.15, 0.2) is 23.1 Å². The second-order valence-corrected chi connectivity index (χ2v) is 6.44. The molecule has 6 heteroatoms. The molecule has 0 aromatic heterocycles. The van der Waals surface area contributed by atoms with Gasteiger partial charge in [0, 0.05) is 12.1 Å². The van der Waals surface area contributed by atoms with Gasteiger partial charge >= 0.3 is 0 Å². The maximum Gasteiger partial charge on any atom is 0.238 e. The first-order chi connectivity index (χ1) is 9.34. The van der Waals surface area contributed by atoms with Crippen LogP contribution in [-0.2, 0) is 14.8 Å². The first-order valence-corrected chi connectivity index (χ1v) is 8.32. The summed E-state index contributed by atoms with van der Waals surface area (Å²) in [6.45, 7) is 3.92. The number of primary sulfonamides is 1. The second-order valence-electron chi connectivity index (χ2n) is 4.88. The molecular formula is C14H22N2O3S. The Morgan fingerprint density at radius 3 is 2.55 bits per heavy atom. The summed E-state index contributed by atoms with van der Waals surface area (Å²) in [6.07, 6.45) is 4.55. The van der Waals surface area contributed by atoms with Gasteiger partial charge in [-0.1, -0.05) is 32.3 Å². The van der Waals surface area contributed by atoms with Crippen LogP contribution in [0.2, 0.25) is 0 Å². The molecule has 0 aliphatic rings. The molecular weight excluding hydrogens is 276 g/mol. The fourth-order valence-electron chi connectivity index (χ4n) is 1.84. The highest BCUT2D eigenvalue weighted by Crippen LogP contribution is 2.19. The van der Waals surface area contributed by atoms with Crippen LogP contribution in [0.25, 0.3) is 0 Å². The smallest absolute Gasteiger partial charge is 0.238 e. The molecule has 0 spiro atoms. The van der Waals surface area contributed by atoms with Crippen LogP contribution in [0.5, 0.6) is 0 Å². The van der Waals surface area contributed by atoms with Gasteiger partial charge in [0.05, 0.1) is 4.90 Å². The molecule has 1 rings (SSSR count). The molecule has 0 radical (unpaired) electrons. The maximum atomic E-state index is 11.8. The predicted molar refractivity (Wildman–Crippen MR) is 79.9 cm³/mol. The van der Waals surface area contributed by atoms with Crippen LogP contribution in [0, 0.1) is 6.92 Å². The molecule has 0 atom stereocenters. The van der Waals surface area contributed by atoms with Crippen LogP contribution in [0.4, 0.5) is 5.69 Å². The van der Waals surface area contributed by atoms with Gasteiger partial charge in [0.1, 0.15) is 0 Å². The van der Waals surface area contributed by atoms with Crippen molar-refractivity contribution < 1.29 is 13.2 Å². The normalized spacial score (nSPS) is 11.3. The molecule has 0 saturated carbocycles. The number of amides is 1. The van der Waals surface area contributed by atoms with Crippen LogP contribution in [-0.4, -0.2) is 14.3 Å². The van der Waals surface area contributed by atoms with E-state index in [0.29, 0.717) is 12.1 Å². The van der Waals surface area contributed by atoms with Gasteiger partial charge in [0.25, 0.3) is 0 Å². The van der Waals surface area contributed by atoms with E-state index in [1.165, 1.54) is 12.1 Å². The summed E-state index contributed by atoms with van der Waals surface area (Å²) in [6, 6.07) is 4.46. The zero-order valence-electron chi connectivity index (χ0n) is 12.0. The summed E-state index contributed by atoms with van der Waals surface area (Å²) in [5.74, 6) is -0.101. The fraction of sp³-hybridized carbons (Fsp3) is 0.500. The number of hydrogen-bond acceptors (Lipinski definition) is 3. The van der Waals surface area contributed by atoms with Crippen molar-refractivity contribution in [1.29, 1.82) is 0 Å². The number of nitrogens with two attached hydrogens (primary N) is 1. The number of carbonyl (C=O) groups is 1. The highest BCUT2D eigenvalue weighted by molar-refractivity contribution is 7.89. The van der Waals surface area contributed by atoms with E-state index in [0.717, 1.165) is 31.2 Å². The van der Waals surface area contributed by atoms with Crippen molar-refractivity contribution in [3.05, 3.63) is 23.8 Å². The molecule has 5 nitrogen and oxygen atoms in total. The Balaban J connectivity index is 2.69. The number of nitrogens with one attached hydrogen (secondary N) is 1. The molecule has 0 fully saturated rings. The molecule has 0 saturated heterocycles. The van der Waals surface area contributed by atoms with Gasteiger partial charge in [0.15, 0.2) is 0 Å². The van der Waals surface area contributed by atoms with Gasteiger partial charge < -0.3 is 5.32 Å². The molecule has 3 N–H and O–H groups in total. The maximum absolute atomic E-state index is 11.8. The lowest BCUT2D eigenvalue weighted by Crippen LogP contribution is -2.15. The third-order valence-electron chi connectivity index (χ3n) is 3.07. The van der Waals surface area contributed by atoms with Crippen molar-refractivity contribution in [3.63, 3.8) is 0 Å². The minimum atomic E-state index is -3.75. The second kappa shape index (κ2) is 7.40. The minimum Gasteiger partial charge on any atom is -0.326 e. The largest absolute Gasteiger partial charge is 0.326 e. The molecule has 112 valence electrons. The van der Waals surface area contributed by atoms with E-state index < -0.39 is 10.0 Å². The van der Waals surface area contributed by atoms with Crippen LogP contribution >= 0.6 is 0 Å². The first kappa shape index (κ1) is 16.7. The van der Waals surface area contributed by atoms with Crippen molar-refractivity contribution in [2.45, 2.75) is 50.8 Å². The Morgan fingerprint density at radius 2 is 1.95 bits per heavy atom. The zero-order chi connectivity index (χ0) is 15.2. The van der Waals surface area contributed by atoms with E-state index >= 15 is 0 Å². The minimum absolute atomic E-state index is 0.00406. The lowest BCUT2D eigenvalue weighted by molar-refractivity contribution is -0.116. The number of unbranched alkanes of at least 4 members (excludes halogenated alkanes) is 3. The average Bonchev–Trinajstić information content (AvgIpc) is 2.36. The Labute approximate surface area is 120 Å². The zero-order valence-corrected chi connectivity index (χ0v) is 12.8. The number of hydrogen-bond donors (Lipinski definition) is 2. The number of sulfonamides is 1. The highest BCUT2D eigenvalue weighted by Gasteiger charge is 2.11. The number of benzene rings is 1. The fourth-order valence-corrected chi connectivity index (χ4v) is 2.38. The Bertz CT molecular complexity index is 568. The third-order valence-corrected chi connectivity index (χ3v) is 3.98. The van der Waals surface area contributed by atoms with E-state index in [9.17, 15) is 13.2 Å². The lowest BCUT2D eigenvalue weighted by atomic mass is 10.1. The standard InChI is InChI=1S/C14H22N2O3S/c1-3-4-5-6-7-14(17)16-13-10-12(20(15,18)19)9-8-11(13)2/h8-10H,3-7H2,1-2H3,(H,16,17)(H2,15,18,19). The summed E-state index contributed by atoms with van der Waals surface area (Å²) in [5.41, 5.74) is 1.30. The van der Waals surface area contributed by atoms with Gasteiger partial charge in [-0.05, 0) is 31.0 Å². The topological polar surface area (TPSA) is 89.3 Å². The first-order valence-electron chi connectivity index (χ1n) is 6.78. The monoisotopic (exact) mass is 298 g/mol. The molecule has 1 aromatic carbocycles. The van der Waals surface area contributed by atoms with Crippen molar-refractivity contribution in [2.24, 2.45) is 5.14 Å². The number of anilines is 1. The van der Waals surface area contributed by atoms with Gasteiger partial charge in [0.2, 0.25) is 15.9 Å². The Kier molecular flexibility index (Phi) is 6.16. The molecule has 0 aliphatic carbocycles. The van der Waals surface area contributed by atoms with Gasteiger partial charge in [-0.15, -0.1) is 0 Å². The van der Waals surface area contributed by atoms with Gasteiger partial charge in [-0.25, -0.2) is 13.6 Å². The highest BCUT2D eigenvalue weighted by atomic mass is 32.2. The van der Waals surface area contributed by atoms with E-state index in [-0.39, 0.29) is 10.8 Å². The van der Waals surface area contributed by atoms with Gasteiger partial charge in [-0.3, -0.25) is 4.79 Å². The Morgan fingerprint density at radius 1 is 1.25 bits per heavy atom. The van der Waals surface area contributed by atoms with E-state index in [4.69, 9.17) is 5.14 Å². The van der Waals surface area contributed by atoms with Crippen molar-refractivity contribution in [1.82, 2.24) is 0 Å². The molecule has 1 aromatic rings. The lowest BCUT2D eigenvalue weighted by Gasteiger charge is -2.10. The summed E-state index contributed by atoms with van der Waals surface area (Å²) in [5, 5.41) is 7.82. The van der Waals surface area contributed by atoms with E-state index in [1.807, 2.05) is 0 Å². The predicted octanol–water partition coefficient (Wildman–Crippen LogP) is 2.55. The molecule has 0 heterocycles. The molecule has 1 amide bonds. The van der Waals surface area contributed by atoms with Crippen LogP contribution < -0.4 is 10.5 Å². The molecule has 0 unspecified atom stereocenters. The van der Waals surface area contributed by atoms with E-state index in [2.05, 4.69) is 12.2 Å². The molecule has 0 bridgehead atoms. The van der Waals surface area contributed by atoms with Gasteiger partial charge in [-0.2, -0.15) is 0 Å². The van der Waals surface area contributed by atoms with Crippen molar-refractivity contribution >= 4 is 21.6 Å². The summed E-state index contributed by atoms with van der Waals surface area (Å²) in [7, 11) is -3.75. The van der Waals surface area contributed by atoms with Crippen molar-refractivity contribution in [2.75, 3.05) is 5.32 Å². The quantitative estimate of drug-likeness (QED) is 0.758. The Hall–Kier alpha value is -1.40. The number of carbonyl (C=O) groups excluding carboxylic acids is 1. The molecule has 20 heavy (non-hydrogen) atoms. The van der Waals surface area contributed by atoms with Crippen LogP contribution in [0.1, 0.15) is 44.6 Å². The summed E-state index contributed by atoms with van der Waals surface area (Å²) < 4.78 is 22.6. The number of aryl methyl sites for hydroxylation is 1. The number of rotatable bonds is 7. The average molecular weight is 298 g/mol. The van der Waals surface area contributed by atoms with Crippen molar-refractivity contribution in [3.8, 4) is 0 Å². The van der Waals surface area contributed by atoms with E-state index in [1.54, 1.807) is 13.0 Å². The summed E-state index contributed by atoms with van der Waals surface area (Å²) in [4.78, 5) is 11.8. The third kappa shape index (κ3) is 5.30. The SMILES string of the molecule is CCCCCCC(=O)Nc1cc(S(N)(=O)=O)ccc1C. The van der Waals surface area contributed by atoms with Crippen LogP contribution in [0.3, 0.4) is 0 Å².